The summed E-state index contributed by atoms with van der Waals surface area (Å²) in [6, 6.07) is 1.77. The van der Waals surface area contributed by atoms with Gasteiger partial charge in [0.05, 0.1) is 12.2 Å². The van der Waals surface area contributed by atoms with Gasteiger partial charge in [-0.15, -0.1) is 0 Å². The Morgan fingerprint density at radius 1 is 1.30 bits per heavy atom. The molecule has 0 spiro atoms. The quantitative estimate of drug-likeness (QED) is 0.750. The number of methoxy groups -OCH3 is 1. The molecular formula is C14H25N3O3. The number of nitrogens with zero attached hydrogens (tertiary/aromatic N) is 2. The monoisotopic (exact) mass is 283 g/mol. The van der Waals surface area contributed by atoms with E-state index < -0.39 is 0 Å². The molecule has 0 aliphatic carbocycles. The molecule has 0 aromatic carbocycles. The molecule has 0 aliphatic rings. The minimum absolute atomic E-state index is 0.201. The number of rotatable bonds is 9. The van der Waals surface area contributed by atoms with Crippen LogP contribution in [0.3, 0.4) is 0 Å². The number of hydrogen-bond donors (Lipinski definition) is 1. The van der Waals surface area contributed by atoms with Gasteiger partial charge >= 0.3 is 0 Å². The van der Waals surface area contributed by atoms with E-state index in [-0.39, 0.29) is 5.60 Å². The molecule has 114 valence electrons. The predicted molar refractivity (Wildman–Crippen MR) is 78.1 cm³/mol. The smallest absolute Gasteiger partial charge is 0.218 e. The summed E-state index contributed by atoms with van der Waals surface area (Å²) < 4.78 is 16.4. The van der Waals surface area contributed by atoms with Gasteiger partial charge in [-0.05, 0) is 20.8 Å². The Morgan fingerprint density at radius 2 is 2.05 bits per heavy atom. The molecule has 1 aromatic heterocycles. The fourth-order valence-corrected chi connectivity index (χ4v) is 1.44. The second-order valence-electron chi connectivity index (χ2n) is 4.96. The van der Waals surface area contributed by atoms with Gasteiger partial charge in [-0.25, -0.2) is 4.98 Å². The number of anilines is 1. The van der Waals surface area contributed by atoms with Crippen molar-refractivity contribution in [2.24, 2.45) is 0 Å². The minimum Gasteiger partial charge on any atom is -0.477 e. The molecule has 0 atom stereocenters. The normalized spacial score (nSPS) is 11.4. The van der Waals surface area contributed by atoms with Gasteiger partial charge < -0.3 is 19.5 Å². The number of ether oxygens (including phenoxy) is 3. The largest absolute Gasteiger partial charge is 0.477 e. The highest BCUT2D eigenvalue weighted by Crippen LogP contribution is 2.17. The van der Waals surface area contributed by atoms with Crippen molar-refractivity contribution in [2.45, 2.75) is 39.4 Å². The Kier molecular flexibility index (Phi) is 6.67. The lowest BCUT2D eigenvalue weighted by Gasteiger charge is -2.22. The molecule has 6 nitrogen and oxygen atoms in total. The van der Waals surface area contributed by atoms with Crippen molar-refractivity contribution in [1.29, 1.82) is 0 Å². The molecule has 6 heteroatoms. The average molecular weight is 283 g/mol. The molecule has 0 saturated carbocycles. The van der Waals surface area contributed by atoms with Gasteiger partial charge in [-0.1, -0.05) is 0 Å². The van der Waals surface area contributed by atoms with Crippen LogP contribution in [0, 0.1) is 0 Å². The molecule has 0 aliphatic heterocycles. The third-order valence-electron chi connectivity index (χ3n) is 2.95. The third kappa shape index (κ3) is 5.71. The lowest BCUT2D eigenvalue weighted by Crippen LogP contribution is -2.25. The number of hydrogen-bond acceptors (Lipinski definition) is 6. The van der Waals surface area contributed by atoms with E-state index >= 15 is 0 Å². The van der Waals surface area contributed by atoms with Crippen LogP contribution in [0.15, 0.2) is 6.07 Å². The Labute approximate surface area is 120 Å². The van der Waals surface area contributed by atoms with Crippen molar-refractivity contribution in [1.82, 2.24) is 9.97 Å². The van der Waals surface area contributed by atoms with Crippen molar-refractivity contribution >= 4 is 5.82 Å². The first kappa shape index (κ1) is 16.7. The standard InChI is InChI=1S/C14H25N3O3/c1-6-19-10-12-16-11(15-4)9-13(17-12)20-8-7-14(2,3)18-5/h9H,6-8,10H2,1-5H3,(H,15,16,17). The molecule has 1 heterocycles. The molecular weight excluding hydrogens is 258 g/mol. The van der Waals surface area contributed by atoms with E-state index in [9.17, 15) is 0 Å². The van der Waals surface area contributed by atoms with Gasteiger partial charge in [0.15, 0.2) is 5.82 Å². The van der Waals surface area contributed by atoms with Crippen LogP contribution in [0.1, 0.15) is 33.0 Å². The summed E-state index contributed by atoms with van der Waals surface area (Å²) in [4.78, 5) is 8.64. The minimum atomic E-state index is -0.201. The van der Waals surface area contributed by atoms with Crippen LogP contribution in [0.2, 0.25) is 0 Å². The van der Waals surface area contributed by atoms with Crippen LogP contribution < -0.4 is 10.1 Å². The summed E-state index contributed by atoms with van der Waals surface area (Å²) in [7, 11) is 3.51. The molecule has 1 rings (SSSR count). The van der Waals surface area contributed by atoms with Crippen LogP contribution in [-0.2, 0) is 16.1 Å². The molecule has 0 unspecified atom stereocenters. The van der Waals surface area contributed by atoms with Gasteiger partial charge in [0, 0.05) is 33.3 Å². The first-order valence-electron chi connectivity index (χ1n) is 6.82. The van der Waals surface area contributed by atoms with Crippen LogP contribution in [0.4, 0.5) is 5.82 Å². The molecule has 0 fully saturated rings. The summed E-state index contributed by atoms with van der Waals surface area (Å²) in [6.45, 7) is 7.53. The zero-order valence-corrected chi connectivity index (χ0v) is 13.0. The summed E-state index contributed by atoms with van der Waals surface area (Å²) in [6.07, 6.45) is 0.781. The highest BCUT2D eigenvalue weighted by molar-refractivity contribution is 5.37. The van der Waals surface area contributed by atoms with Crippen LogP contribution in [0.25, 0.3) is 0 Å². The first-order valence-corrected chi connectivity index (χ1v) is 6.82. The average Bonchev–Trinajstić information content (AvgIpc) is 2.44. The van der Waals surface area contributed by atoms with Crippen molar-refractivity contribution in [3.63, 3.8) is 0 Å². The number of aromatic nitrogens is 2. The SMILES string of the molecule is CCOCc1nc(NC)cc(OCCC(C)(C)OC)n1. The van der Waals surface area contributed by atoms with Crippen molar-refractivity contribution in [3.05, 3.63) is 11.9 Å². The van der Waals surface area contributed by atoms with Gasteiger partial charge in [0.25, 0.3) is 0 Å². The Hall–Kier alpha value is -1.40. The van der Waals surface area contributed by atoms with Gasteiger partial charge in [0.2, 0.25) is 5.88 Å². The molecule has 0 radical (unpaired) electrons. The van der Waals surface area contributed by atoms with Gasteiger partial charge in [-0.3, -0.25) is 0 Å². The maximum atomic E-state index is 5.68. The summed E-state index contributed by atoms with van der Waals surface area (Å²) in [5, 5.41) is 2.99. The van der Waals surface area contributed by atoms with Gasteiger partial charge in [0.1, 0.15) is 12.4 Å². The maximum absolute atomic E-state index is 5.68. The topological polar surface area (TPSA) is 65.5 Å². The van der Waals surface area contributed by atoms with E-state index in [1.54, 1.807) is 13.2 Å². The van der Waals surface area contributed by atoms with Crippen molar-refractivity contribution in [2.75, 3.05) is 32.7 Å². The second-order valence-corrected chi connectivity index (χ2v) is 4.96. The number of nitrogens with one attached hydrogen (secondary N) is 1. The Balaban J connectivity index is 2.64. The van der Waals surface area contributed by atoms with Crippen LogP contribution >= 0.6 is 0 Å². The highest BCUT2D eigenvalue weighted by Gasteiger charge is 2.16. The van der Waals surface area contributed by atoms with E-state index in [1.165, 1.54) is 0 Å². The summed E-state index contributed by atoms with van der Waals surface area (Å²) in [5.41, 5.74) is -0.201. The summed E-state index contributed by atoms with van der Waals surface area (Å²) >= 11 is 0. The third-order valence-corrected chi connectivity index (χ3v) is 2.95. The van der Waals surface area contributed by atoms with E-state index in [0.29, 0.717) is 31.5 Å². The Morgan fingerprint density at radius 3 is 2.65 bits per heavy atom. The van der Waals surface area contributed by atoms with E-state index in [4.69, 9.17) is 14.2 Å². The lowest BCUT2D eigenvalue weighted by atomic mass is 10.1. The molecule has 20 heavy (non-hydrogen) atoms. The van der Waals surface area contributed by atoms with Crippen molar-refractivity contribution < 1.29 is 14.2 Å². The van der Waals surface area contributed by atoms with Crippen molar-refractivity contribution in [3.8, 4) is 5.88 Å². The fourth-order valence-electron chi connectivity index (χ4n) is 1.44. The zero-order chi connectivity index (χ0) is 15.0. The van der Waals surface area contributed by atoms with Crippen LogP contribution in [0.5, 0.6) is 5.88 Å². The van der Waals surface area contributed by atoms with E-state index in [1.807, 2.05) is 27.8 Å². The molecule has 1 aromatic rings. The highest BCUT2D eigenvalue weighted by atomic mass is 16.5. The van der Waals surface area contributed by atoms with E-state index in [2.05, 4.69) is 15.3 Å². The molecule has 0 bridgehead atoms. The lowest BCUT2D eigenvalue weighted by molar-refractivity contribution is 0.00502. The van der Waals surface area contributed by atoms with Gasteiger partial charge in [-0.2, -0.15) is 4.98 Å². The first-order chi connectivity index (χ1) is 9.50. The molecule has 1 N–H and O–H groups in total. The van der Waals surface area contributed by atoms with Crippen LogP contribution in [-0.4, -0.2) is 42.9 Å². The second kappa shape index (κ2) is 8.01. The summed E-state index contributed by atoms with van der Waals surface area (Å²) in [5.74, 6) is 1.88. The Bertz CT molecular complexity index is 411. The maximum Gasteiger partial charge on any atom is 0.218 e. The molecule has 0 amide bonds. The molecule has 0 saturated heterocycles. The fraction of sp³-hybridized carbons (Fsp3) is 0.714. The predicted octanol–water partition coefficient (Wildman–Crippen LogP) is 2.25. The zero-order valence-electron chi connectivity index (χ0n) is 13.0. The van der Waals surface area contributed by atoms with E-state index in [0.717, 1.165) is 12.2 Å².